The molecule has 1 N–H and O–H groups in total. The molecule has 0 atom stereocenters. The molecule has 1 fully saturated rings. The Labute approximate surface area is 171 Å². The van der Waals surface area contributed by atoms with Gasteiger partial charge in [0.1, 0.15) is 24.7 Å². The van der Waals surface area contributed by atoms with Crippen molar-refractivity contribution in [2.75, 3.05) is 26.7 Å². The van der Waals surface area contributed by atoms with Gasteiger partial charge in [-0.2, -0.15) is 0 Å². The van der Waals surface area contributed by atoms with Crippen LogP contribution in [0.2, 0.25) is 0 Å². The van der Waals surface area contributed by atoms with Crippen LogP contribution in [0.15, 0.2) is 54.6 Å². The summed E-state index contributed by atoms with van der Waals surface area (Å²) in [6.45, 7) is 3.30. The highest BCUT2D eigenvalue weighted by molar-refractivity contribution is 5.81. The summed E-state index contributed by atoms with van der Waals surface area (Å²) < 4.78 is 7.92. The molecule has 0 bridgehead atoms. The molecule has 1 aliphatic heterocycles. The lowest BCUT2D eigenvalue weighted by atomic mass is 9.97. The standard InChI is InChI=1S/C23H28N4O2/c1-24-15-18-11-13-26(14-12-18)23(28)16-27-21-10-6-5-9-20(21)25-22(27)17-29-19-7-3-2-4-8-19/h2-10,18,24H,11-17H2,1H3. The number of ether oxygens (including phenoxy) is 1. The largest absolute Gasteiger partial charge is 0.486 e. The Kier molecular flexibility index (Phi) is 6.10. The summed E-state index contributed by atoms with van der Waals surface area (Å²) in [7, 11) is 1.99. The molecule has 0 radical (unpaired) electrons. The average molecular weight is 393 g/mol. The minimum Gasteiger partial charge on any atom is -0.486 e. The first-order chi connectivity index (χ1) is 14.2. The molecule has 1 amide bonds. The van der Waals surface area contributed by atoms with E-state index >= 15 is 0 Å². The van der Waals surface area contributed by atoms with Crippen molar-refractivity contribution < 1.29 is 9.53 Å². The molecule has 1 aliphatic rings. The van der Waals surface area contributed by atoms with Crippen LogP contribution in [0.4, 0.5) is 0 Å². The van der Waals surface area contributed by atoms with Crippen LogP contribution in [0, 0.1) is 5.92 Å². The van der Waals surface area contributed by atoms with E-state index in [0.717, 1.165) is 55.1 Å². The lowest BCUT2D eigenvalue weighted by Gasteiger charge is -2.32. The Morgan fingerprint density at radius 3 is 2.59 bits per heavy atom. The molecule has 152 valence electrons. The maximum Gasteiger partial charge on any atom is 0.242 e. The van der Waals surface area contributed by atoms with Crippen molar-refractivity contribution in [1.82, 2.24) is 19.8 Å². The molecule has 0 aliphatic carbocycles. The lowest BCUT2D eigenvalue weighted by molar-refractivity contribution is -0.133. The first kappa shape index (κ1) is 19.5. The molecule has 6 heteroatoms. The highest BCUT2D eigenvalue weighted by atomic mass is 16.5. The van der Waals surface area contributed by atoms with Crippen molar-refractivity contribution in [3.8, 4) is 5.75 Å². The number of nitrogens with zero attached hydrogens (tertiary/aromatic N) is 3. The quantitative estimate of drug-likeness (QED) is 0.671. The zero-order valence-corrected chi connectivity index (χ0v) is 16.9. The van der Waals surface area contributed by atoms with Crippen LogP contribution in [0.1, 0.15) is 18.7 Å². The van der Waals surface area contributed by atoms with E-state index in [4.69, 9.17) is 9.72 Å². The third-order valence-corrected chi connectivity index (χ3v) is 5.60. The number of piperidine rings is 1. The van der Waals surface area contributed by atoms with E-state index in [2.05, 4.69) is 5.32 Å². The van der Waals surface area contributed by atoms with E-state index in [9.17, 15) is 4.79 Å². The van der Waals surface area contributed by atoms with Crippen molar-refractivity contribution >= 4 is 16.9 Å². The normalized spacial score (nSPS) is 15.0. The second-order valence-electron chi connectivity index (χ2n) is 7.59. The molecule has 0 unspecified atom stereocenters. The van der Waals surface area contributed by atoms with Crippen LogP contribution < -0.4 is 10.1 Å². The Balaban J connectivity index is 1.49. The summed E-state index contributed by atoms with van der Waals surface area (Å²) in [6, 6.07) is 17.6. The minimum absolute atomic E-state index is 0.150. The predicted molar refractivity (Wildman–Crippen MR) is 114 cm³/mol. The van der Waals surface area contributed by atoms with Gasteiger partial charge in [0.25, 0.3) is 0 Å². The zero-order valence-electron chi connectivity index (χ0n) is 16.9. The monoisotopic (exact) mass is 392 g/mol. The molecule has 29 heavy (non-hydrogen) atoms. The van der Waals surface area contributed by atoms with Crippen molar-refractivity contribution in [3.05, 3.63) is 60.4 Å². The number of para-hydroxylation sites is 3. The van der Waals surface area contributed by atoms with Gasteiger partial charge in [-0.3, -0.25) is 4.79 Å². The second-order valence-corrected chi connectivity index (χ2v) is 7.59. The van der Waals surface area contributed by atoms with E-state index in [1.165, 1.54) is 0 Å². The number of carbonyl (C=O) groups is 1. The highest BCUT2D eigenvalue weighted by Crippen LogP contribution is 2.20. The molecule has 0 saturated carbocycles. The van der Waals surface area contributed by atoms with Crippen LogP contribution >= 0.6 is 0 Å². The molecular weight excluding hydrogens is 364 g/mol. The number of imidazole rings is 1. The van der Waals surface area contributed by atoms with Gasteiger partial charge in [0.15, 0.2) is 0 Å². The number of benzene rings is 2. The summed E-state index contributed by atoms with van der Waals surface area (Å²) in [5, 5.41) is 3.24. The predicted octanol–water partition coefficient (Wildman–Crippen LogP) is 3.07. The van der Waals surface area contributed by atoms with Gasteiger partial charge >= 0.3 is 0 Å². The smallest absolute Gasteiger partial charge is 0.242 e. The first-order valence-electron chi connectivity index (χ1n) is 10.3. The maximum absolute atomic E-state index is 13.0. The van der Waals surface area contributed by atoms with Gasteiger partial charge in [0.05, 0.1) is 11.0 Å². The maximum atomic E-state index is 13.0. The Hall–Kier alpha value is -2.86. The van der Waals surface area contributed by atoms with Crippen molar-refractivity contribution in [2.45, 2.75) is 26.0 Å². The van der Waals surface area contributed by atoms with E-state index in [0.29, 0.717) is 19.1 Å². The number of amides is 1. The molecule has 4 rings (SSSR count). The molecule has 1 aromatic heterocycles. The Morgan fingerprint density at radius 2 is 1.83 bits per heavy atom. The molecule has 2 heterocycles. The third-order valence-electron chi connectivity index (χ3n) is 5.60. The molecule has 1 saturated heterocycles. The van der Waals surface area contributed by atoms with E-state index < -0.39 is 0 Å². The van der Waals surface area contributed by atoms with Gasteiger partial charge in [-0.25, -0.2) is 4.98 Å². The summed E-state index contributed by atoms with van der Waals surface area (Å²) in [5.74, 6) is 2.38. The average Bonchev–Trinajstić information content (AvgIpc) is 3.11. The summed E-state index contributed by atoms with van der Waals surface area (Å²) in [4.78, 5) is 19.7. The SMILES string of the molecule is CNCC1CCN(C(=O)Cn2c(COc3ccccc3)nc3ccccc32)CC1. The van der Waals surface area contributed by atoms with E-state index in [-0.39, 0.29) is 5.91 Å². The summed E-state index contributed by atoms with van der Waals surface area (Å²) in [6.07, 6.45) is 2.11. The molecule has 2 aromatic carbocycles. The summed E-state index contributed by atoms with van der Waals surface area (Å²) in [5.41, 5.74) is 1.86. The zero-order chi connectivity index (χ0) is 20.1. The Morgan fingerprint density at radius 1 is 1.10 bits per heavy atom. The number of aromatic nitrogens is 2. The van der Waals surface area contributed by atoms with Crippen molar-refractivity contribution in [3.63, 3.8) is 0 Å². The fourth-order valence-electron chi connectivity index (χ4n) is 3.99. The number of fused-ring (bicyclic) bond motifs is 1. The lowest BCUT2D eigenvalue weighted by Crippen LogP contribution is -2.42. The van der Waals surface area contributed by atoms with E-state index in [1.807, 2.05) is 71.1 Å². The van der Waals surface area contributed by atoms with Crippen molar-refractivity contribution in [2.24, 2.45) is 5.92 Å². The van der Waals surface area contributed by atoms with Crippen LogP contribution in [-0.2, 0) is 17.9 Å². The summed E-state index contributed by atoms with van der Waals surface area (Å²) >= 11 is 0. The van der Waals surface area contributed by atoms with Gasteiger partial charge in [-0.15, -0.1) is 0 Å². The van der Waals surface area contributed by atoms with E-state index in [1.54, 1.807) is 0 Å². The van der Waals surface area contributed by atoms with Gasteiger partial charge in [-0.05, 0) is 56.6 Å². The third kappa shape index (κ3) is 4.59. The molecular formula is C23H28N4O2. The number of carbonyl (C=O) groups excluding carboxylic acids is 1. The molecule has 0 spiro atoms. The van der Waals surface area contributed by atoms with Crippen LogP contribution in [0.3, 0.4) is 0 Å². The number of hydrogen-bond donors (Lipinski definition) is 1. The van der Waals surface area contributed by atoms with Gasteiger partial charge in [0.2, 0.25) is 5.91 Å². The number of nitrogens with one attached hydrogen (secondary N) is 1. The molecule has 3 aromatic rings. The van der Waals surface area contributed by atoms with Crippen LogP contribution in [0.25, 0.3) is 11.0 Å². The number of hydrogen-bond acceptors (Lipinski definition) is 4. The first-order valence-corrected chi connectivity index (χ1v) is 10.3. The number of likely N-dealkylation sites (tertiary alicyclic amines) is 1. The number of rotatable bonds is 7. The van der Waals surface area contributed by atoms with Gasteiger partial charge < -0.3 is 19.5 Å². The fourth-order valence-corrected chi connectivity index (χ4v) is 3.99. The minimum atomic E-state index is 0.150. The fraction of sp³-hybridized carbons (Fsp3) is 0.391. The topological polar surface area (TPSA) is 59.4 Å². The van der Waals surface area contributed by atoms with Crippen molar-refractivity contribution in [1.29, 1.82) is 0 Å². The Bertz CT molecular complexity index is 946. The van der Waals surface area contributed by atoms with Crippen LogP contribution in [0.5, 0.6) is 5.75 Å². The van der Waals surface area contributed by atoms with Gasteiger partial charge in [0, 0.05) is 13.1 Å². The molecule has 6 nitrogen and oxygen atoms in total. The van der Waals surface area contributed by atoms with Gasteiger partial charge in [-0.1, -0.05) is 30.3 Å². The van der Waals surface area contributed by atoms with Crippen LogP contribution in [-0.4, -0.2) is 47.0 Å². The highest BCUT2D eigenvalue weighted by Gasteiger charge is 2.24. The second kappa shape index (κ2) is 9.09.